The average molecular weight is 948 g/mol. The maximum absolute atomic E-state index is 12.9. The molecule has 0 rings (SSSR count). The van der Waals surface area contributed by atoms with Crippen molar-refractivity contribution in [3.05, 3.63) is 85.1 Å². The Labute approximate surface area is 422 Å². The van der Waals surface area contributed by atoms with Crippen LogP contribution >= 0.6 is 0 Å². The highest BCUT2D eigenvalue weighted by Gasteiger charge is 2.17. The van der Waals surface area contributed by atoms with Gasteiger partial charge in [-0.3, -0.25) is 9.59 Å². The predicted molar refractivity (Wildman–Crippen MR) is 297 cm³/mol. The fourth-order valence-electron chi connectivity index (χ4n) is 8.07. The number of esters is 2. The lowest BCUT2D eigenvalue weighted by Gasteiger charge is -2.18. The second-order valence-corrected chi connectivity index (χ2v) is 19.2. The first-order valence-corrected chi connectivity index (χ1v) is 29.1. The molecule has 0 aromatic carbocycles. The van der Waals surface area contributed by atoms with E-state index in [1.165, 1.54) is 161 Å². The van der Waals surface area contributed by atoms with E-state index in [1.54, 1.807) is 0 Å². The molecule has 0 aliphatic heterocycles. The lowest BCUT2D eigenvalue weighted by molar-refractivity contribution is -0.163. The number of hydrogen-bond donors (Lipinski definition) is 0. The minimum Gasteiger partial charge on any atom is -0.462 e. The average Bonchev–Trinajstić information content (AvgIpc) is 3.34. The fraction of sp³-hybridized carbons (Fsp3) is 0.746. The molecule has 68 heavy (non-hydrogen) atoms. The fourth-order valence-corrected chi connectivity index (χ4v) is 8.07. The second kappa shape index (κ2) is 58.4. The van der Waals surface area contributed by atoms with Gasteiger partial charge < -0.3 is 14.2 Å². The molecule has 0 radical (unpaired) electrons. The lowest BCUT2D eigenvalue weighted by Crippen LogP contribution is -2.30. The van der Waals surface area contributed by atoms with E-state index in [-0.39, 0.29) is 25.2 Å². The number of ether oxygens (including phenoxy) is 3. The van der Waals surface area contributed by atoms with Crippen LogP contribution in [0.1, 0.15) is 278 Å². The van der Waals surface area contributed by atoms with Crippen molar-refractivity contribution in [2.45, 2.75) is 284 Å². The predicted octanol–water partition coefficient (Wildman–Crippen LogP) is 20.0. The van der Waals surface area contributed by atoms with Crippen molar-refractivity contribution >= 4 is 11.9 Å². The summed E-state index contributed by atoms with van der Waals surface area (Å²) in [5, 5.41) is 0. The highest BCUT2D eigenvalue weighted by Crippen LogP contribution is 2.15. The van der Waals surface area contributed by atoms with E-state index in [9.17, 15) is 9.59 Å². The molecule has 5 nitrogen and oxygen atoms in total. The number of unbranched alkanes of at least 4 members (excludes halogenated alkanes) is 28. The summed E-state index contributed by atoms with van der Waals surface area (Å²) in [6.07, 6.45) is 77.6. The van der Waals surface area contributed by atoms with Gasteiger partial charge in [0.2, 0.25) is 0 Å². The van der Waals surface area contributed by atoms with E-state index in [1.807, 2.05) is 0 Å². The van der Waals surface area contributed by atoms with Gasteiger partial charge in [0.15, 0.2) is 6.10 Å². The molecule has 0 aromatic heterocycles. The maximum Gasteiger partial charge on any atom is 0.306 e. The van der Waals surface area contributed by atoms with Gasteiger partial charge in [-0.2, -0.15) is 0 Å². The zero-order chi connectivity index (χ0) is 49.2. The molecule has 0 amide bonds. The summed E-state index contributed by atoms with van der Waals surface area (Å²) in [5.41, 5.74) is 0. The molecule has 392 valence electrons. The lowest BCUT2D eigenvalue weighted by atomic mass is 10.1. The van der Waals surface area contributed by atoms with Crippen molar-refractivity contribution in [1.82, 2.24) is 0 Å². The molecule has 5 heteroatoms. The minimum atomic E-state index is -0.571. The van der Waals surface area contributed by atoms with E-state index in [0.29, 0.717) is 19.4 Å². The molecule has 0 saturated carbocycles. The molecule has 1 unspecified atom stereocenters. The number of allylic oxidation sites excluding steroid dienone is 14. The van der Waals surface area contributed by atoms with Crippen LogP contribution in [0.15, 0.2) is 85.1 Å². The summed E-state index contributed by atoms with van der Waals surface area (Å²) in [4.78, 5) is 25.5. The normalized spacial score (nSPS) is 12.8. The van der Waals surface area contributed by atoms with Gasteiger partial charge in [0.05, 0.1) is 6.61 Å². The molecule has 0 aliphatic rings. The maximum atomic E-state index is 12.9. The standard InChI is InChI=1S/C63H110O5/c1-4-7-10-13-16-19-22-25-28-30-32-34-36-38-41-44-47-50-53-56-62(64)67-60-61(59-66-58-55-52-49-46-43-40-27-24-21-18-15-12-9-6-3)68-63(65)57-54-51-48-45-42-39-37-35-33-31-29-26-23-20-17-14-11-8-5-2/h9,12,16,18-19,21,25-29,40,46,49,61H,4-8,10-11,13-15,17,20,22-24,30-39,41-45,47-48,50-60H2,1-3H3/b12-9-,19-16-,21-18-,28-25-,29-26-,40-27-,49-46-. The Morgan fingerprint density at radius 1 is 0.338 bits per heavy atom. The van der Waals surface area contributed by atoms with Crippen LogP contribution in [0, 0.1) is 0 Å². The van der Waals surface area contributed by atoms with Crippen LogP contribution < -0.4 is 0 Å². The summed E-state index contributed by atoms with van der Waals surface area (Å²) < 4.78 is 17.4. The third-order valence-electron chi connectivity index (χ3n) is 12.4. The smallest absolute Gasteiger partial charge is 0.306 e. The molecular weight excluding hydrogens is 837 g/mol. The molecule has 0 aromatic rings. The molecule has 0 aliphatic carbocycles. The first-order valence-electron chi connectivity index (χ1n) is 29.1. The molecule has 1 atom stereocenters. The van der Waals surface area contributed by atoms with E-state index in [4.69, 9.17) is 14.2 Å². The molecule has 0 bridgehead atoms. The van der Waals surface area contributed by atoms with Gasteiger partial charge in [-0.15, -0.1) is 0 Å². The molecule has 0 fully saturated rings. The van der Waals surface area contributed by atoms with Crippen molar-refractivity contribution in [2.24, 2.45) is 0 Å². The van der Waals surface area contributed by atoms with Crippen LogP contribution in [0.5, 0.6) is 0 Å². The van der Waals surface area contributed by atoms with Crippen molar-refractivity contribution in [1.29, 1.82) is 0 Å². The van der Waals surface area contributed by atoms with Crippen molar-refractivity contribution in [2.75, 3.05) is 19.8 Å². The second-order valence-electron chi connectivity index (χ2n) is 19.2. The molecule has 0 spiro atoms. The van der Waals surface area contributed by atoms with E-state index >= 15 is 0 Å². The van der Waals surface area contributed by atoms with Crippen LogP contribution in [-0.2, 0) is 23.8 Å². The molecular formula is C63H110O5. The van der Waals surface area contributed by atoms with E-state index in [0.717, 1.165) is 83.5 Å². The van der Waals surface area contributed by atoms with E-state index < -0.39 is 6.10 Å². The van der Waals surface area contributed by atoms with E-state index in [2.05, 4.69) is 106 Å². The monoisotopic (exact) mass is 947 g/mol. The zero-order valence-corrected chi connectivity index (χ0v) is 45.1. The Kier molecular flexibility index (Phi) is 55.9. The van der Waals surface area contributed by atoms with Crippen molar-refractivity contribution < 1.29 is 23.8 Å². The summed E-state index contributed by atoms with van der Waals surface area (Å²) in [7, 11) is 0. The molecule has 0 N–H and O–H groups in total. The van der Waals surface area contributed by atoms with Gasteiger partial charge in [-0.25, -0.2) is 0 Å². The van der Waals surface area contributed by atoms with Gasteiger partial charge in [-0.1, -0.05) is 241 Å². The minimum absolute atomic E-state index is 0.0584. The summed E-state index contributed by atoms with van der Waals surface area (Å²) >= 11 is 0. The first kappa shape index (κ1) is 65.1. The van der Waals surface area contributed by atoms with Gasteiger partial charge in [0, 0.05) is 19.4 Å². The third kappa shape index (κ3) is 55.7. The third-order valence-corrected chi connectivity index (χ3v) is 12.4. The van der Waals surface area contributed by atoms with Crippen LogP contribution in [0.4, 0.5) is 0 Å². The Morgan fingerprint density at radius 3 is 1.10 bits per heavy atom. The SMILES string of the molecule is CC/C=C\C/C=C\C/C=C\C/C=C\CCCOCC(COC(=O)CCCCCCCCCCC/C=C\C/C=C\CCCCC)OC(=O)CCCCCCCCCCC/C=C\CCCCCCCC. The number of carbonyl (C=O) groups is 2. The van der Waals surface area contributed by atoms with Gasteiger partial charge in [0.25, 0.3) is 0 Å². The molecule has 0 heterocycles. The topological polar surface area (TPSA) is 61.8 Å². The summed E-state index contributed by atoms with van der Waals surface area (Å²) in [6.45, 7) is 7.57. The van der Waals surface area contributed by atoms with Crippen molar-refractivity contribution in [3.8, 4) is 0 Å². The Morgan fingerprint density at radius 2 is 0.662 bits per heavy atom. The summed E-state index contributed by atoms with van der Waals surface area (Å²) in [6, 6.07) is 0. The summed E-state index contributed by atoms with van der Waals surface area (Å²) in [5.74, 6) is -0.429. The number of carbonyl (C=O) groups excluding carboxylic acids is 2. The molecule has 0 saturated heterocycles. The largest absolute Gasteiger partial charge is 0.462 e. The van der Waals surface area contributed by atoms with Crippen molar-refractivity contribution in [3.63, 3.8) is 0 Å². The van der Waals surface area contributed by atoms with Crippen LogP contribution in [0.3, 0.4) is 0 Å². The quantitative estimate of drug-likeness (QED) is 0.0345. The highest BCUT2D eigenvalue weighted by molar-refractivity contribution is 5.70. The Hall–Kier alpha value is -2.92. The number of hydrogen-bond acceptors (Lipinski definition) is 5. The highest BCUT2D eigenvalue weighted by atomic mass is 16.6. The van der Waals surface area contributed by atoms with Crippen LogP contribution in [0.25, 0.3) is 0 Å². The Balaban J connectivity index is 4.31. The van der Waals surface area contributed by atoms with Crippen LogP contribution in [0.2, 0.25) is 0 Å². The van der Waals surface area contributed by atoms with Crippen LogP contribution in [-0.4, -0.2) is 37.9 Å². The van der Waals surface area contributed by atoms with Gasteiger partial charge >= 0.3 is 11.9 Å². The Bertz CT molecular complexity index is 1250. The number of rotatable bonds is 53. The van der Waals surface area contributed by atoms with Gasteiger partial charge in [0.1, 0.15) is 6.61 Å². The first-order chi connectivity index (χ1) is 33.6. The zero-order valence-electron chi connectivity index (χ0n) is 45.1. The van der Waals surface area contributed by atoms with Gasteiger partial charge in [-0.05, 0) is 109 Å².